The van der Waals surface area contributed by atoms with E-state index in [2.05, 4.69) is 15.3 Å². The number of rotatable bonds is 2. The zero-order valence-electron chi connectivity index (χ0n) is 13.3. The fourth-order valence-electron chi connectivity index (χ4n) is 2.54. The summed E-state index contributed by atoms with van der Waals surface area (Å²) in [5.74, 6) is 1.86. The van der Waals surface area contributed by atoms with Crippen LogP contribution in [0.3, 0.4) is 0 Å². The average Bonchev–Trinajstić information content (AvgIpc) is 3.25. The summed E-state index contributed by atoms with van der Waals surface area (Å²) >= 11 is 1.53. The molecule has 1 amide bonds. The molecule has 0 spiro atoms. The van der Waals surface area contributed by atoms with Crippen molar-refractivity contribution in [1.29, 1.82) is 0 Å². The van der Waals surface area contributed by atoms with Gasteiger partial charge in [0.15, 0.2) is 0 Å². The summed E-state index contributed by atoms with van der Waals surface area (Å²) < 4.78 is 5.58. The number of carbonyl (C=O) groups excluding carboxylic acids is 1. The van der Waals surface area contributed by atoms with Gasteiger partial charge in [-0.2, -0.15) is 0 Å². The van der Waals surface area contributed by atoms with Crippen molar-refractivity contribution in [3.05, 3.63) is 63.9 Å². The van der Waals surface area contributed by atoms with E-state index in [4.69, 9.17) is 4.42 Å². The van der Waals surface area contributed by atoms with E-state index in [0.29, 0.717) is 23.8 Å². The molecular formula is C18H15N3O2S. The first kappa shape index (κ1) is 14.8. The number of hydrogen-bond donors (Lipinski definition) is 1. The smallest absolute Gasteiger partial charge is 0.256 e. The number of amides is 1. The number of nitrogens with one attached hydrogen (secondary N) is 1. The molecule has 5 nitrogen and oxygen atoms in total. The molecular weight excluding hydrogens is 322 g/mol. The van der Waals surface area contributed by atoms with Crippen LogP contribution in [-0.4, -0.2) is 16.7 Å². The van der Waals surface area contributed by atoms with Crippen LogP contribution < -0.4 is 5.32 Å². The molecule has 1 aliphatic heterocycles. The first-order chi connectivity index (χ1) is 11.6. The summed E-state index contributed by atoms with van der Waals surface area (Å²) in [5.41, 5.74) is 2.83. The van der Waals surface area contributed by atoms with Crippen LogP contribution in [0.25, 0.3) is 10.8 Å². The van der Waals surface area contributed by atoms with E-state index in [-0.39, 0.29) is 5.91 Å². The molecule has 6 heteroatoms. The summed E-state index contributed by atoms with van der Waals surface area (Å²) in [5, 5.41) is 2.91. The molecule has 4 rings (SSSR count). The molecule has 2 aromatic heterocycles. The second-order valence-corrected chi connectivity index (χ2v) is 6.78. The number of aryl methyl sites for hydroxylation is 2. The van der Waals surface area contributed by atoms with Crippen molar-refractivity contribution in [3.63, 3.8) is 0 Å². The van der Waals surface area contributed by atoms with Gasteiger partial charge in [0.05, 0.1) is 22.5 Å². The number of fused-ring (bicyclic) bond motifs is 1. The van der Waals surface area contributed by atoms with Gasteiger partial charge in [0, 0.05) is 5.56 Å². The molecule has 120 valence electrons. The lowest BCUT2D eigenvalue weighted by molar-refractivity contribution is 0.0977. The Balaban J connectivity index is 1.56. The number of hydrogen-bond acceptors (Lipinski definition) is 5. The molecule has 24 heavy (non-hydrogen) atoms. The van der Waals surface area contributed by atoms with Gasteiger partial charge in [-0.05, 0) is 37.6 Å². The van der Waals surface area contributed by atoms with Gasteiger partial charge >= 0.3 is 0 Å². The predicted molar refractivity (Wildman–Crippen MR) is 93.4 cm³/mol. The molecule has 3 heterocycles. The molecule has 0 fully saturated rings. The molecule has 0 radical (unpaired) electrons. The normalized spacial score (nSPS) is 12.8. The first-order valence-corrected chi connectivity index (χ1v) is 8.40. The number of benzene rings is 1. The number of carbonyl (C=O) groups is 1. The van der Waals surface area contributed by atoms with E-state index in [9.17, 15) is 4.79 Å². The zero-order chi connectivity index (χ0) is 16.7. The number of thiophene rings is 1. The number of aliphatic imine (C=N–C) groups is 1. The van der Waals surface area contributed by atoms with E-state index in [0.717, 1.165) is 26.6 Å². The van der Waals surface area contributed by atoms with Crippen molar-refractivity contribution < 1.29 is 9.21 Å². The Bertz CT molecular complexity index is 951. The summed E-state index contributed by atoms with van der Waals surface area (Å²) in [6, 6.07) is 9.50. The van der Waals surface area contributed by atoms with Crippen LogP contribution in [0.1, 0.15) is 32.1 Å². The van der Waals surface area contributed by atoms with E-state index < -0.39 is 0 Å². The molecule has 0 unspecified atom stereocenters. The number of amidine groups is 1. The summed E-state index contributed by atoms with van der Waals surface area (Å²) in [4.78, 5) is 23.0. The van der Waals surface area contributed by atoms with E-state index in [1.165, 1.54) is 11.3 Å². The average molecular weight is 337 g/mol. The second-order valence-electron chi connectivity index (χ2n) is 5.73. The van der Waals surface area contributed by atoms with Gasteiger partial charge in [-0.15, -0.1) is 11.3 Å². The van der Waals surface area contributed by atoms with Crippen LogP contribution in [0.15, 0.2) is 45.9 Å². The van der Waals surface area contributed by atoms with Gasteiger partial charge in [0.1, 0.15) is 11.6 Å². The van der Waals surface area contributed by atoms with E-state index in [1.54, 1.807) is 6.20 Å². The largest absolute Gasteiger partial charge is 0.441 e. The van der Waals surface area contributed by atoms with Crippen molar-refractivity contribution in [2.75, 3.05) is 0 Å². The van der Waals surface area contributed by atoms with Crippen LogP contribution >= 0.6 is 11.3 Å². The topological polar surface area (TPSA) is 67.5 Å². The van der Waals surface area contributed by atoms with Gasteiger partial charge in [-0.1, -0.05) is 17.7 Å². The Morgan fingerprint density at radius 1 is 1.25 bits per heavy atom. The lowest BCUT2D eigenvalue weighted by Crippen LogP contribution is -2.29. The minimum absolute atomic E-state index is 0.150. The predicted octanol–water partition coefficient (Wildman–Crippen LogP) is 3.71. The Hall–Kier alpha value is -2.73. The lowest BCUT2D eigenvalue weighted by atomic mass is 10.1. The highest BCUT2D eigenvalue weighted by Gasteiger charge is 2.23. The molecule has 0 bridgehead atoms. The van der Waals surface area contributed by atoms with Gasteiger partial charge in [-0.25, -0.2) is 4.98 Å². The number of oxazole rings is 1. The Kier molecular flexibility index (Phi) is 3.54. The van der Waals surface area contributed by atoms with E-state index in [1.807, 2.05) is 44.2 Å². The second kappa shape index (κ2) is 5.72. The SMILES string of the molecule is Cc1ccc(C(=O)NC2=NCc3cc(-c4ncc(C)o4)sc32)cc1. The minimum atomic E-state index is -0.150. The minimum Gasteiger partial charge on any atom is -0.441 e. The van der Waals surface area contributed by atoms with Crippen LogP contribution in [0.2, 0.25) is 0 Å². The van der Waals surface area contributed by atoms with Crippen molar-refractivity contribution in [3.8, 4) is 10.8 Å². The highest BCUT2D eigenvalue weighted by molar-refractivity contribution is 7.17. The summed E-state index contributed by atoms with van der Waals surface area (Å²) in [7, 11) is 0. The van der Waals surface area contributed by atoms with Crippen LogP contribution in [0.4, 0.5) is 0 Å². The maximum atomic E-state index is 12.4. The summed E-state index contributed by atoms with van der Waals surface area (Å²) in [6.07, 6.45) is 1.70. The highest BCUT2D eigenvalue weighted by Crippen LogP contribution is 2.34. The third-order valence-electron chi connectivity index (χ3n) is 3.81. The molecule has 3 aromatic rings. The first-order valence-electron chi connectivity index (χ1n) is 7.58. The Morgan fingerprint density at radius 3 is 2.75 bits per heavy atom. The van der Waals surface area contributed by atoms with Crippen LogP contribution in [-0.2, 0) is 6.54 Å². The van der Waals surface area contributed by atoms with Gasteiger partial charge in [-0.3, -0.25) is 9.79 Å². The van der Waals surface area contributed by atoms with Gasteiger partial charge in [0.2, 0.25) is 5.89 Å². The highest BCUT2D eigenvalue weighted by atomic mass is 32.1. The van der Waals surface area contributed by atoms with Gasteiger partial charge in [0.25, 0.3) is 5.91 Å². The molecule has 0 saturated carbocycles. The molecule has 0 saturated heterocycles. The monoisotopic (exact) mass is 337 g/mol. The maximum absolute atomic E-state index is 12.4. The summed E-state index contributed by atoms with van der Waals surface area (Å²) in [6.45, 7) is 4.42. The van der Waals surface area contributed by atoms with Gasteiger partial charge < -0.3 is 9.73 Å². The Morgan fingerprint density at radius 2 is 2.04 bits per heavy atom. The molecule has 0 atom stereocenters. The Labute approximate surface area is 143 Å². The van der Waals surface area contributed by atoms with Crippen LogP contribution in [0.5, 0.6) is 0 Å². The third kappa shape index (κ3) is 2.65. The maximum Gasteiger partial charge on any atom is 0.256 e. The fraction of sp³-hybridized carbons (Fsp3) is 0.167. The zero-order valence-corrected chi connectivity index (χ0v) is 14.1. The standard InChI is InChI=1S/C18H15N3O2S/c1-10-3-5-12(6-4-10)17(22)21-16-15-13(9-19-16)7-14(24-15)18-20-8-11(2)23-18/h3-8H,9H2,1-2H3,(H,19,21,22). The number of nitrogens with zero attached hydrogens (tertiary/aromatic N) is 2. The van der Waals surface area contributed by atoms with E-state index >= 15 is 0 Å². The van der Waals surface area contributed by atoms with Crippen molar-refractivity contribution in [2.45, 2.75) is 20.4 Å². The molecule has 1 aromatic carbocycles. The number of aromatic nitrogens is 1. The van der Waals surface area contributed by atoms with Crippen molar-refractivity contribution in [1.82, 2.24) is 10.3 Å². The molecule has 1 N–H and O–H groups in total. The third-order valence-corrected chi connectivity index (χ3v) is 4.98. The fourth-order valence-corrected chi connectivity index (χ4v) is 3.61. The van der Waals surface area contributed by atoms with Crippen LogP contribution in [0, 0.1) is 13.8 Å². The quantitative estimate of drug-likeness (QED) is 0.775. The molecule has 1 aliphatic rings. The molecule has 0 aliphatic carbocycles. The lowest BCUT2D eigenvalue weighted by Gasteiger charge is -2.05. The van der Waals surface area contributed by atoms with Crippen molar-refractivity contribution in [2.24, 2.45) is 4.99 Å². The van der Waals surface area contributed by atoms with Crippen molar-refractivity contribution >= 4 is 23.1 Å².